The van der Waals surface area contributed by atoms with Gasteiger partial charge < -0.3 is 24.6 Å². The summed E-state index contributed by atoms with van der Waals surface area (Å²) in [5, 5.41) is 13.6. The van der Waals surface area contributed by atoms with Crippen molar-refractivity contribution in [3.8, 4) is 23.1 Å². The summed E-state index contributed by atoms with van der Waals surface area (Å²) >= 11 is 0. The lowest BCUT2D eigenvalue weighted by Gasteiger charge is -2.33. The zero-order valence-electron chi connectivity index (χ0n) is 25.0. The van der Waals surface area contributed by atoms with Gasteiger partial charge in [0.05, 0.1) is 16.8 Å². The second-order valence-electron chi connectivity index (χ2n) is 12.5. The first-order chi connectivity index (χ1) is 21.7. The predicted octanol–water partition coefficient (Wildman–Crippen LogP) is 3.97. The highest BCUT2D eigenvalue weighted by Crippen LogP contribution is 2.43. The number of hydrazine groups is 2. The molecular formula is C32H33F2N7O4. The highest BCUT2D eigenvalue weighted by Gasteiger charge is 2.49. The van der Waals surface area contributed by atoms with E-state index in [9.17, 15) is 14.3 Å². The van der Waals surface area contributed by atoms with Crippen molar-refractivity contribution in [2.45, 2.75) is 44.3 Å². The minimum Gasteiger partial charge on any atom is -0.508 e. The number of anilines is 1. The lowest BCUT2D eigenvalue weighted by Crippen LogP contribution is -2.43. The van der Waals surface area contributed by atoms with Gasteiger partial charge in [-0.1, -0.05) is 6.07 Å². The van der Waals surface area contributed by atoms with Gasteiger partial charge in [0.25, 0.3) is 0 Å². The predicted molar refractivity (Wildman–Crippen MR) is 165 cm³/mol. The Balaban J connectivity index is 1.31. The highest BCUT2D eigenvalue weighted by atomic mass is 19.1. The van der Waals surface area contributed by atoms with E-state index in [-0.39, 0.29) is 35.1 Å². The molecule has 3 fully saturated rings. The standard InChI is InChI=1S/C32H33F2N7O4/c1-17-27-26(29(40-8-4-9-40)37-31(36-27)44-16-32-7-3-10-41(32)15-19(33)13-32)30(43)45-28(17)21-12-20(42)11-18-5-6-22(34)25(24(18)21)23-14-35-38-39(23)2/h5-6,11-12,14,19,35,38,42H,3-4,7-10,13,15-16H2,1-2H3/t19-,32+/m1/s1. The number of aryl methyl sites for hydroxylation is 1. The summed E-state index contributed by atoms with van der Waals surface area (Å²) in [4.78, 5) is 27.4. The van der Waals surface area contributed by atoms with Gasteiger partial charge in [0, 0.05) is 61.4 Å². The van der Waals surface area contributed by atoms with E-state index in [1.807, 2.05) is 4.90 Å². The van der Waals surface area contributed by atoms with Crippen molar-refractivity contribution in [2.24, 2.45) is 0 Å². The van der Waals surface area contributed by atoms with Gasteiger partial charge in [0.1, 0.15) is 35.5 Å². The molecule has 4 aliphatic rings. The number of nitrogens with one attached hydrogen (secondary N) is 2. The van der Waals surface area contributed by atoms with Crippen LogP contribution in [0.5, 0.6) is 11.8 Å². The summed E-state index contributed by atoms with van der Waals surface area (Å²) in [6.07, 6.45) is 3.93. The number of nitrogens with zero attached hydrogens (tertiary/aromatic N) is 5. The molecule has 2 aromatic heterocycles. The third-order valence-corrected chi connectivity index (χ3v) is 9.71. The van der Waals surface area contributed by atoms with E-state index >= 15 is 4.39 Å². The fourth-order valence-electron chi connectivity index (χ4n) is 7.39. The number of phenols is 1. The van der Waals surface area contributed by atoms with Crippen LogP contribution in [0.15, 0.2) is 39.7 Å². The average Bonchev–Trinajstić information content (AvgIpc) is 3.66. The molecule has 4 aliphatic heterocycles. The summed E-state index contributed by atoms with van der Waals surface area (Å²) in [5.41, 5.74) is 6.71. The second kappa shape index (κ2) is 10.3. The van der Waals surface area contributed by atoms with Crippen molar-refractivity contribution in [1.82, 2.24) is 30.8 Å². The van der Waals surface area contributed by atoms with Gasteiger partial charge in [0.2, 0.25) is 0 Å². The number of hydrogen-bond donors (Lipinski definition) is 3. The molecule has 0 saturated carbocycles. The molecule has 3 N–H and O–H groups in total. The van der Waals surface area contributed by atoms with Gasteiger partial charge >= 0.3 is 11.6 Å². The van der Waals surface area contributed by atoms with Crippen LogP contribution in [0.1, 0.15) is 36.8 Å². The molecule has 0 amide bonds. The average molecular weight is 618 g/mol. The molecule has 11 nitrogen and oxygen atoms in total. The largest absolute Gasteiger partial charge is 0.508 e. The first kappa shape index (κ1) is 28.0. The number of aromatic nitrogens is 2. The molecule has 13 heteroatoms. The molecule has 3 saturated heterocycles. The van der Waals surface area contributed by atoms with E-state index in [0.29, 0.717) is 51.9 Å². The Hall–Kier alpha value is -4.49. The zero-order chi connectivity index (χ0) is 31.0. The number of phenolic OH excluding ortho intramolecular Hbond substituents is 1. The number of halogens is 2. The first-order valence-corrected chi connectivity index (χ1v) is 15.3. The fraction of sp³-hybridized carbons (Fsp3) is 0.406. The van der Waals surface area contributed by atoms with Gasteiger partial charge in [0.15, 0.2) is 5.82 Å². The van der Waals surface area contributed by atoms with E-state index in [4.69, 9.17) is 14.1 Å². The van der Waals surface area contributed by atoms with E-state index in [1.54, 1.807) is 37.3 Å². The van der Waals surface area contributed by atoms with Crippen molar-refractivity contribution < 1.29 is 23.0 Å². The van der Waals surface area contributed by atoms with E-state index in [2.05, 4.69) is 20.8 Å². The molecule has 0 spiro atoms. The molecule has 0 bridgehead atoms. The van der Waals surface area contributed by atoms with E-state index in [1.165, 1.54) is 12.1 Å². The molecule has 2 atom stereocenters. The highest BCUT2D eigenvalue weighted by molar-refractivity contribution is 6.06. The van der Waals surface area contributed by atoms with Crippen molar-refractivity contribution in [3.05, 3.63) is 57.8 Å². The Morgan fingerprint density at radius 3 is 2.78 bits per heavy atom. The first-order valence-electron chi connectivity index (χ1n) is 15.3. The van der Waals surface area contributed by atoms with Crippen LogP contribution in [0.2, 0.25) is 0 Å². The van der Waals surface area contributed by atoms with Crippen molar-refractivity contribution >= 4 is 33.2 Å². The second-order valence-corrected chi connectivity index (χ2v) is 12.5. The summed E-state index contributed by atoms with van der Waals surface area (Å²) in [6.45, 7) is 4.71. The maximum absolute atomic E-state index is 15.6. The van der Waals surface area contributed by atoms with Crippen LogP contribution in [-0.4, -0.2) is 76.5 Å². The maximum Gasteiger partial charge on any atom is 0.349 e. The number of benzene rings is 2. The van der Waals surface area contributed by atoms with Gasteiger partial charge in [-0.3, -0.25) is 9.91 Å². The Morgan fingerprint density at radius 2 is 2.02 bits per heavy atom. The number of fused-ring (bicyclic) bond motifs is 3. The minimum absolute atomic E-state index is 0.0710. The molecule has 45 heavy (non-hydrogen) atoms. The van der Waals surface area contributed by atoms with Crippen molar-refractivity contribution in [1.29, 1.82) is 0 Å². The summed E-state index contributed by atoms with van der Waals surface area (Å²) in [5.74, 6) is 0.0267. The summed E-state index contributed by atoms with van der Waals surface area (Å²) < 4.78 is 42.3. The SMILES string of the molecule is Cc1c(-c2cc(O)cc3ccc(F)c(C4=CNNN4C)c23)oc(=O)c2c(N3CCC3)nc(OC[C@@]34CCCN3C[C@H](F)C4)nc12. The van der Waals surface area contributed by atoms with E-state index < -0.39 is 23.2 Å². The normalized spacial score (nSPS) is 23.0. The molecule has 0 aliphatic carbocycles. The summed E-state index contributed by atoms with van der Waals surface area (Å²) in [6, 6.07) is 6.03. The Labute approximate surface area is 257 Å². The number of rotatable bonds is 6. The zero-order valence-corrected chi connectivity index (χ0v) is 25.0. The van der Waals surface area contributed by atoms with Crippen LogP contribution < -0.4 is 26.2 Å². The molecule has 6 heterocycles. The van der Waals surface area contributed by atoms with Gasteiger partial charge in [-0.25, -0.2) is 13.6 Å². The fourth-order valence-corrected chi connectivity index (χ4v) is 7.39. The maximum atomic E-state index is 15.6. The van der Waals surface area contributed by atoms with Crippen LogP contribution in [0, 0.1) is 12.7 Å². The minimum atomic E-state index is -0.893. The Bertz CT molecular complexity index is 1960. The third kappa shape index (κ3) is 4.39. The molecule has 2 aromatic carbocycles. The van der Waals surface area contributed by atoms with Crippen LogP contribution in [0.25, 0.3) is 38.7 Å². The smallest absolute Gasteiger partial charge is 0.349 e. The monoisotopic (exact) mass is 617 g/mol. The van der Waals surface area contributed by atoms with Crippen molar-refractivity contribution in [2.75, 3.05) is 44.7 Å². The van der Waals surface area contributed by atoms with Gasteiger partial charge in [-0.2, -0.15) is 9.97 Å². The number of ether oxygens (including phenoxy) is 1. The number of aromatic hydroxyl groups is 1. The Morgan fingerprint density at radius 1 is 1.18 bits per heavy atom. The van der Waals surface area contributed by atoms with Gasteiger partial charge in [-0.15, -0.1) is 5.53 Å². The van der Waals surface area contributed by atoms with Crippen LogP contribution in [-0.2, 0) is 0 Å². The quantitative estimate of drug-likeness (QED) is 0.292. The van der Waals surface area contributed by atoms with Crippen LogP contribution in [0.4, 0.5) is 14.6 Å². The van der Waals surface area contributed by atoms with Crippen LogP contribution in [0.3, 0.4) is 0 Å². The molecule has 0 radical (unpaired) electrons. The third-order valence-electron chi connectivity index (χ3n) is 9.71. The molecule has 4 aromatic rings. The topological polar surface area (TPSA) is 119 Å². The lowest BCUT2D eigenvalue weighted by atomic mass is 9.93. The van der Waals surface area contributed by atoms with Crippen molar-refractivity contribution in [3.63, 3.8) is 0 Å². The lowest BCUT2D eigenvalue weighted by molar-refractivity contribution is 0.107. The molecule has 0 unspecified atom stereocenters. The molecular weight excluding hydrogens is 584 g/mol. The number of hydrogen-bond acceptors (Lipinski definition) is 11. The number of alkyl halides is 1. The van der Waals surface area contributed by atoms with E-state index in [0.717, 1.165) is 38.9 Å². The molecule has 8 rings (SSSR count). The van der Waals surface area contributed by atoms with Crippen LogP contribution >= 0.6 is 0 Å². The Kier molecular flexibility index (Phi) is 6.40. The molecule has 234 valence electrons. The van der Waals surface area contributed by atoms with Gasteiger partial charge in [-0.05, 0) is 56.3 Å². The summed E-state index contributed by atoms with van der Waals surface area (Å²) in [7, 11) is 1.74.